The first kappa shape index (κ1) is 38.3. The Morgan fingerprint density at radius 2 is 0.938 bits per heavy atom. The van der Waals surface area contributed by atoms with Crippen LogP contribution in [-0.2, 0) is 5.41 Å². The quantitative estimate of drug-likeness (QED) is 0.163. The Kier molecular flexibility index (Phi) is 9.46. The average molecular weight is 830 g/mol. The zero-order chi connectivity index (χ0) is 43.2. The van der Waals surface area contributed by atoms with E-state index in [4.69, 9.17) is 9.98 Å². The summed E-state index contributed by atoms with van der Waals surface area (Å²) in [6.07, 6.45) is -0.319. The van der Waals surface area contributed by atoms with E-state index in [2.05, 4.69) is 248 Å². The molecule has 1 unspecified atom stereocenters. The van der Waals surface area contributed by atoms with E-state index >= 15 is 0 Å². The number of nitrogens with one attached hydrogen (secondary N) is 1. The second kappa shape index (κ2) is 16.1. The van der Waals surface area contributed by atoms with E-state index in [1.165, 1.54) is 60.8 Å². The summed E-state index contributed by atoms with van der Waals surface area (Å²) in [5, 5.41) is 6.07. The lowest BCUT2D eigenvalue weighted by molar-refractivity contribution is 0.674. The molecule has 0 saturated heterocycles. The van der Waals surface area contributed by atoms with Crippen LogP contribution >= 0.6 is 0 Å². The molecular weight excluding hydrogens is 787 g/mol. The van der Waals surface area contributed by atoms with E-state index in [1.807, 2.05) is 6.07 Å². The standard InChI is InChI=1S/C62H43N3/c1-5-19-42(20-6-1)45-24-17-26-48(39-45)60-63-59(44-22-7-2-8-23-44)64-61(65-60)49-27-18-25-47(40-49)58-52-32-14-13-21-43(52)35-37-53(58)46-36-38-55-54-33-15-16-34-56(54)62(57(55)41-46,50-28-9-3-10-29-50)51-30-11-4-12-31-51/h1-41,59H,(H,63,64,65). The number of hydrogen-bond donors (Lipinski definition) is 1. The van der Waals surface area contributed by atoms with Gasteiger partial charge in [-0.05, 0) is 101 Å². The van der Waals surface area contributed by atoms with Crippen molar-refractivity contribution >= 4 is 22.4 Å². The first-order valence-electron chi connectivity index (χ1n) is 22.3. The fourth-order valence-electron chi connectivity index (χ4n) is 10.3. The van der Waals surface area contributed by atoms with Gasteiger partial charge in [-0.25, -0.2) is 9.98 Å². The van der Waals surface area contributed by atoms with Gasteiger partial charge in [-0.2, -0.15) is 0 Å². The van der Waals surface area contributed by atoms with Crippen molar-refractivity contribution in [3.63, 3.8) is 0 Å². The van der Waals surface area contributed by atoms with Crippen molar-refractivity contribution in [3.05, 3.63) is 288 Å². The van der Waals surface area contributed by atoms with Gasteiger partial charge in [0, 0.05) is 11.1 Å². The van der Waals surface area contributed by atoms with Crippen molar-refractivity contribution in [3.8, 4) is 44.5 Å². The number of fused-ring (bicyclic) bond motifs is 4. The number of rotatable bonds is 8. The van der Waals surface area contributed by atoms with Gasteiger partial charge in [0.25, 0.3) is 0 Å². The van der Waals surface area contributed by atoms with E-state index in [0.29, 0.717) is 5.84 Å². The monoisotopic (exact) mass is 829 g/mol. The first-order chi connectivity index (χ1) is 32.2. The molecule has 3 heteroatoms. The lowest BCUT2D eigenvalue weighted by atomic mass is 9.67. The summed E-state index contributed by atoms with van der Waals surface area (Å²) >= 11 is 0. The number of aliphatic imine (C=N–C) groups is 2. The zero-order valence-electron chi connectivity index (χ0n) is 35.6. The van der Waals surface area contributed by atoms with Gasteiger partial charge >= 0.3 is 0 Å². The van der Waals surface area contributed by atoms with Crippen LogP contribution in [0.3, 0.4) is 0 Å². The minimum Gasteiger partial charge on any atom is -0.344 e. The number of nitrogens with zero attached hydrogens (tertiary/aromatic N) is 2. The Morgan fingerprint density at radius 1 is 0.369 bits per heavy atom. The van der Waals surface area contributed by atoms with Crippen molar-refractivity contribution in [2.75, 3.05) is 0 Å². The smallest absolute Gasteiger partial charge is 0.159 e. The Morgan fingerprint density at radius 3 is 1.71 bits per heavy atom. The first-order valence-corrected chi connectivity index (χ1v) is 22.3. The molecule has 1 aliphatic carbocycles. The highest BCUT2D eigenvalue weighted by molar-refractivity contribution is 6.14. The third-order valence-corrected chi connectivity index (χ3v) is 13.2. The molecule has 10 aromatic rings. The highest BCUT2D eigenvalue weighted by atomic mass is 15.2. The molecule has 1 atom stereocenters. The molecule has 0 amide bonds. The average Bonchev–Trinajstić information content (AvgIpc) is 3.69. The SMILES string of the molecule is c1ccc(-c2cccc(C3=NC(c4cccc(-c5c(-c6ccc7c(c6)C(c6ccccc6)(c6ccccc6)c6ccccc6-7)ccc6ccccc56)c4)=NC(c4ccccc4)N3)c2)cc1. The lowest BCUT2D eigenvalue weighted by Crippen LogP contribution is -2.33. The molecule has 1 heterocycles. The highest BCUT2D eigenvalue weighted by Gasteiger charge is 2.46. The van der Waals surface area contributed by atoms with Gasteiger partial charge in [0.2, 0.25) is 0 Å². The van der Waals surface area contributed by atoms with Crippen LogP contribution in [0.1, 0.15) is 45.1 Å². The van der Waals surface area contributed by atoms with Gasteiger partial charge in [0.15, 0.2) is 5.84 Å². The van der Waals surface area contributed by atoms with Crippen molar-refractivity contribution in [1.29, 1.82) is 0 Å². The molecule has 0 spiro atoms. The van der Waals surface area contributed by atoms with Crippen LogP contribution in [-0.4, -0.2) is 11.7 Å². The van der Waals surface area contributed by atoms with E-state index in [9.17, 15) is 0 Å². The van der Waals surface area contributed by atoms with Crippen molar-refractivity contribution in [2.24, 2.45) is 9.98 Å². The van der Waals surface area contributed by atoms with Gasteiger partial charge in [-0.1, -0.05) is 231 Å². The molecule has 12 rings (SSSR count). The molecule has 306 valence electrons. The summed E-state index contributed by atoms with van der Waals surface area (Å²) in [7, 11) is 0. The molecule has 0 bridgehead atoms. The maximum absolute atomic E-state index is 5.31. The van der Waals surface area contributed by atoms with Gasteiger partial charge in [0.1, 0.15) is 12.0 Å². The Labute approximate surface area is 379 Å². The summed E-state index contributed by atoms with van der Waals surface area (Å²) in [5.41, 5.74) is 17.1. The van der Waals surface area contributed by atoms with Crippen LogP contribution in [0.15, 0.2) is 259 Å². The highest BCUT2D eigenvalue weighted by Crippen LogP contribution is 2.57. The van der Waals surface area contributed by atoms with E-state index in [0.717, 1.165) is 39.2 Å². The van der Waals surface area contributed by atoms with Crippen LogP contribution in [0.4, 0.5) is 0 Å². The fraction of sp³-hybridized carbons (Fsp3) is 0.0323. The largest absolute Gasteiger partial charge is 0.344 e. The second-order valence-electron chi connectivity index (χ2n) is 16.9. The van der Waals surface area contributed by atoms with Gasteiger partial charge in [0.05, 0.1) is 5.41 Å². The molecular formula is C62H43N3. The summed E-state index contributed by atoms with van der Waals surface area (Å²) in [5.74, 6) is 1.48. The van der Waals surface area contributed by atoms with Gasteiger partial charge in [-0.15, -0.1) is 0 Å². The zero-order valence-corrected chi connectivity index (χ0v) is 35.6. The molecule has 0 fully saturated rings. The third-order valence-electron chi connectivity index (χ3n) is 13.2. The number of benzene rings is 10. The molecule has 2 aliphatic rings. The Balaban J connectivity index is 1.03. The van der Waals surface area contributed by atoms with Crippen molar-refractivity contribution in [2.45, 2.75) is 11.6 Å². The molecule has 3 nitrogen and oxygen atoms in total. The molecule has 1 N–H and O–H groups in total. The summed E-state index contributed by atoms with van der Waals surface area (Å²) < 4.78 is 0. The number of hydrogen-bond acceptors (Lipinski definition) is 3. The predicted octanol–water partition coefficient (Wildman–Crippen LogP) is 14.7. The van der Waals surface area contributed by atoms with Crippen LogP contribution in [0.2, 0.25) is 0 Å². The Bertz CT molecular complexity index is 3410. The minimum absolute atomic E-state index is 0.319. The van der Waals surface area contributed by atoms with E-state index in [-0.39, 0.29) is 6.17 Å². The second-order valence-corrected chi connectivity index (χ2v) is 16.9. The third kappa shape index (κ3) is 6.60. The normalized spacial score (nSPS) is 14.7. The molecule has 65 heavy (non-hydrogen) atoms. The van der Waals surface area contributed by atoms with Crippen molar-refractivity contribution < 1.29 is 0 Å². The molecule has 0 saturated carbocycles. The molecule has 10 aromatic carbocycles. The van der Waals surface area contributed by atoms with Crippen LogP contribution < -0.4 is 5.32 Å². The summed E-state index contributed by atoms with van der Waals surface area (Å²) in [6, 6.07) is 89.8. The van der Waals surface area contributed by atoms with E-state index < -0.39 is 5.41 Å². The maximum Gasteiger partial charge on any atom is 0.159 e. The van der Waals surface area contributed by atoms with Gasteiger partial charge < -0.3 is 5.32 Å². The summed E-state index contributed by atoms with van der Waals surface area (Å²) in [6.45, 7) is 0. The lowest BCUT2D eigenvalue weighted by Gasteiger charge is -2.34. The molecule has 0 radical (unpaired) electrons. The van der Waals surface area contributed by atoms with E-state index in [1.54, 1.807) is 0 Å². The minimum atomic E-state index is -0.500. The maximum atomic E-state index is 5.31. The molecule has 0 aromatic heterocycles. The van der Waals surface area contributed by atoms with Gasteiger partial charge in [-0.3, -0.25) is 0 Å². The Hall–Kier alpha value is -8.40. The van der Waals surface area contributed by atoms with Crippen molar-refractivity contribution in [1.82, 2.24) is 5.32 Å². The van der Waals surface area contributed by atoms with Crippen LogP contribution in [0, 0.1) is 0 Å². The van der Waals surface area contributed by atoms with Crippen LogP contribution in [0.25, 0.3) is 55.3 Å². The number of amidine groups is 2. The molecule has 1 aliphatic heterocycles. The topological polar surface area (TPSA) is 36.8 Å². The predicted molar refractivity (Wildman–Crippen MR) is 269 cm³/mol. The fourth-order valence-corrected chi connectivity index (χ4v) is 10.3. The summed E-state index contributed by atoms with van der Waals surface area (Å²) in [4.78, 5) is 10.6. The van der Waals surface area contributed by atoms with Crippen LogP contribution in [0.5, 0.6) is 0 Å².